The third kappa shape index (κ3) is 2.03. The van der Waals surface area contributed by atoms with Gasteiger partial charge in [-0.2, -0.15) is 0 Å². The van der Waals surface area contributed by atoms with Gasteiger partial charge in [0.05, 0.1) is 0 Å². The molecule has 3 aliphatic heterocycles. The van der Waals surface area contributed by atoms with E-state index in [1.165, 1.54) is 22.1 Å². The Labute approximate surface area is 134 Å². The summed E-state index contributed by atoms with van der Waals surface area (Å²) in [5, 5.41) is 3.49. The van der Waals surface area contributed by atoms with Crippen LogP contribution in [0.4, 0.5) is 5.69 Å². The zero-order valence-electron chi connectivity index (χ0n) is 12.0. The maximum absolute atomic E-state index is 5.45. The molecule has 6 heteroatoms. The standard InChI is InChI=1S/C15H17IN3O2/c1-20-11-5-8-10(6-12(11)21-2)19-15-13(8)14(17-7-18-15)9-3-4-16-9/h5-7,9,13,15,19H,3-4H2,1-2H3/q-1. The van der Waals surface area contributed by atoms with Gasteiger partial charge in [0.15, 0.2) is 0 Å². The number of methoxy groups -OCH3 is 2. The summed E-state index contributed by atoms with van der Waals surface area (Å²) in [6.07, 6.45) is 3.10. The van der Waals surface area contributed by atoms with E-state index < -0.39 is 0 Å². The van der Waals surface area contributed by atoms with E-state index in [0.717, 1.165) is 21.1 Å². The predicted molar refractivity (Wildman–Crippen MR) is 78.9 cm³/mol. The molecule has 0 radical (unpaired) electrons. The molecule has 1 aromatic carbocycles. The molecule has 1 saturated heterocycles. The Balaban J connectivity index is 1.78. The number of fused-ring (bicyclic) bond motifs is 3. The van der Waals surface area contributed by atoms with Crippen molar-refractivity contribution in [3.05, 3.63) is 17.7 Å². The molecule has 0 aromatic heterocycles. The molecule has 0 bridgehead atoms. The van der Waals surface area contributed by atoms with Crippen LogP contribution < -0.4 is 36.0 Å². The first-order valence-corrected chi connectivity index (χ1v) is 9.78. The Hall–Kier alpha value is -1.31. The van der Waals surface area contributed by atoms with Gasteiger partial charge < -0.3 is 0 Å². The van der Waals surface area contributed by atoms with Gasteiger partial charge in [-0.15, -0.1) is 0 Å². The van der Waals surface area contributed by atoms with Crippen LogP contribution in [0.1, 0.15) is 17.9 Å². The van der Waals surface area contributed by atoms with E-state index >= 15 is 0 Å². The van der Waals surface area contributed by atoms with E-state index in [9.17, 15) is 0 Å². The third-order valence-corrected chi connectivity index (χ3v) is 7.81. The Morgan fingerprint density at radius 3 is 2.67 bits per heavy atom. The van der Waals surface area contributed by atoms with Crippen LogP contribution >= 0.6 is 0 Å². The van der Waals surface area contributed by atoms with Crippen molar-refractivity contribution in [1.29, 1.82) is 0 Å². The summed E-state index contributed by atoms with van der Waals surface area (Å²) >= 11 is 0.287. The third-order valence-electron chi connectivity index (χ3n) is 4.24. The summed E-state index contributed by atoms with van der Waals surface area (Å²) in [5.74, 6) is 1.78. The van der Waals surface area contributed by atoms with Crippen molar-refractivity contribution in [2.45, 2.75) is 22.4 Å². The minimum atomic E-state index is 0.0777. The second kappa shape index (κ2) is 5.15. The fourth-order valence-electron chi connectivity index (χ4n) is 3.11. The van der Waals surface area contributed by atoms with Crippen LogP contribution in [0.3, 0.4) is 0 Å². The molecule has 0 aliphatic carbocycles. The van der Waals surface area contributed by atoms with Crippen LogP contribution in [-0.2, 0) is 0 Å². The average molecular weight is 398 g/mol. The van der Waals surface area contributed by atoms with Crippen LogP contribution in [0.5, 0.6) is 11.5 Å². The van der Waals surface area contributed by atoms with E-state index in [-0.39, 0.29) is 33.3 Å². The molecule has 1 aromatic rings. The molecule has 3 unspecified atom stereocenters. The SMILES string of the molecule is COc1cc2c(cc1OC)C1C(C3CC[I-]3)=NC=NC1N2. The number of anilines is 1. The molecule has 3 atom stereocenters. The monoisotopic (exact) mass is 398 g/mol. The second-order valence-corrected chi connectivity index (χ2v) is 8.74. The van der Waals surface area contributed by atoms with Crippen LogP contribution in [0.2, 0.25) is 0 Å². The number of alkyl halides is 2. The molecule has 0 saturated carbocycles. The fourth-order valence-corrected chi connectivity index (χ4v) is 5.35. The van der Waals surface area contributed by atoms with Gasteiger partial charge in [-0.25, -0.2) is 0 Å². The van der Waals surface area contributed by atoms with Crippen molar-refractivity contribution in [1.82, 2.24) is 0 Å². The second-order valence-electron chi connectivity index (χ2n) is 5.28. The number of benzene rings is 1. The molecule has 5 nitrogen and oxygen atoms in total. The molecule has 1 fully saturated rings. The molecule has 112 valence electrons. The van der Waals surface area contributed by atoms with Gasteiger partial charge in [0.2, 0.25) is 0 Å². The van der Waals surface area contributed by atoms with Crippen LogP contribution in [0.15, 0.2) is 22.1 Å². The zero-order valence-corrected chi connectivity index (χ0v) is 14.1. The summed E-state index contributed by atoms with van der Waals surface area (Å²) in [7, 11) is 3.34. The molecule has 0 amide bonds. The molecule has 4 rings (SSSR count). The van der Waals surface area contributed by atoms with Gasteiger partial charge in [-0.05, 0) is 0 Å². The van der Waals surface area contributed by atoms with Gasteiger partial charge in [0.25, 0.3) is 0 Å². The van der Waals surface area contributed by atoms with Crippen LogP contribution in [0.25, 0.3) is 0 Å². The van der Waals surface area contributed by atoms with E-state index in [4.69, 9.17) is 9.47 Å². The van der Waals surface area contributed by atoms with Crippen molar-refractivity contribution in [3.63, 3.8) is 0 Å². The van der Waals surface area contributed by atoms with Gasteiger partial charge in [0, 0.05) is 0 Å². The summed E-state index contributed by atoms with van der Waals surface area (Å²) in [4.78, 5) is 9.15. The molecule has 21 heavy (non-hydrogen) atoms. The van der Waals surface area contributed by atoms with Crippen molar-refractivity contribution >= 4 is 17.7 Å². The number of halogens is 1. The van der Waals surface area contributed by atoms with E-state index in [0.29, 0.717) is 0 Å². The summed E-state index contributed by atoms with van der Waals surface area (Å²) < 4.78 is 13.0. The van der Waals surface area contributed by atoms with E-state index in [2.05, 4.69) is 21.4 Å². The van der Waals surface area contributed by atoms with Crippen molar-refractivity contribution in [2.75, 3.05) is 24.0 Å². The Morgan fingerprint density at radius 1 is 1.24 bits per heavy atom. The first kappa shape index (κ1) is 13.4. The molecule has 1 N–H and O–H groups in total. The summed E-state index contributed by atoms with van der Waals surface area (Å²) in [5.41, 5.74) is 3.66. The first-order valence-electron chi connectivity index (χ1n) is 7.01. The van der Waals surface area contributed by atoms with Crippen molar-refractivity contribution < 1.29 is 30.7 Å². The van der Waals surface area contributed by atoms with Crippen molar-refractivity contribution in [3.8, 4) is 11.5 Å². The topological polar surface area (TPSA) is 55.2 Å². The average Bonchev–Trinajstić information content (AvgIpc) is 2.82. The Bertz CT molecular complexity index is 640. The number of nitrogens with zero attached hydrogens (tertiary/aromatic N) is 2. The van der Waals surface area contributed by atoms with Gasteiger partial charge >= 0.3 is 134 Å². The number of aliphatic imine (C=N–C) groups is 2. The quantitative estimate of drug-likeness (QED) is 0.519. The molecule has 3 heterocycles. The fraction of sp³-hybridized carbons (Fsp3) is 0.467. The number of ether oxygens (including phenoxy) is 2. The maximum atomic E-state index is 5.45. The molecular weight excluding hydrogens is 381 g/mol. The number of nitrogens with one attached hydrogen (secondary N) is 1. The minimum absolute atomic E-state index is 0.0777. The number of hydrogen-bond acceptors (Lipinski definition) is 5. The van der Waals surface area contributed by atoms with Gasteiger partial charge in [-0.1, -0.05) is 0 Å². The summed E-state index contributed by atoms with van der Waals surface area (Å²) in [6, 6.07) is 4.09. The summed E-state index contributed by atoms with van der Waals surface area (Å²) in [6.45, 7) is 0. The number of hydrogen-bond donors (Lipinski definition) is 1. The zero-order chi connectivity index (χ0) is 14.4. The van der Waals surface area contributed by atoms with Crippen molar-refractivity contribution in [2.24, 2.45) is 9.98 Å². The van der Waals surface area contributed by atoms with Crippen LogP contribution in [-0.4, -0.2) is 40.8 Å². The first-order chi connectivity index (χ1) is 10.3. The Morgan fingerprint density at radius 2 is 2.00 bits per heavy atom. The molecular formula is C15H17IN3O2-. The van der Waals surface area contributed by atoms with E-state index in [1.54, 1.807) is 20.6 Å². The predicted octanol–water partition coefficient (Wildman–Crippen LogP) is -1.12. The van der Waals surface area contributed by atoms with E-state index in [1.807, 2.05) is 6.07 Å². The van der Waals surface area contributed by atoms with Gasteiger partial charge in [0.1, 0.15) is 0 Å². The molecule has 0 spiro atoms. The normalized spacial score (nSPS) is 29.2. The van der Waals surface area contributed by atoms with Crippen LogP contribution in [0, 0.1) is 0 Å². The van der Waals surface area contributed by atoms with Gasteiger partial charge in [-0.3, -0.25) is 0 Å². The molecule has 3 aliphatic rings. The number of rotatable bonds is 3. The Kier molecular flexibility index (Phi) is 3.28.